The van der Waals surface area contributed by atoms with Gasteiger partial charge in [-0.05, 0) is 301 Å². The molecule has 0 saturated heterocycles. The van der Waals surface area contributed by atoms with Gasteiger partial charge in [-0.25, -0.2) is 54.4 Å². The molecule has 7 aromatic carbocycles. The van der Waals surface area contributed by atoms with Crippen LogP contribution in [0.5, 0.6) is 0 Å². The molecule has 0 amide bonds. The Morgan fingerprint density at radius 1 is 0.239 bits per heavy atom. The fraction of sp³-hybridized carbons (Fsp3) is 0.305. The first kappa shape index (κ1) is 74.1. The van der Waals surface area contributed by atoms with Crippen LogP contribution in [-0.4, -0.2) is 85.2 Å². The van der Waals surface area contributed by atoms with Gasteiger partial charge < -0.3 is 0 Å². The minimum Gasteiger partial charge on any atom is -0.247 e. The number of para-hydroxylation sites is 4. The Bertz CT molecular complexity index is 7210. The molecule has 0 saturated carbocycles. The Morgan fingerprint density at radius 3 is 0.957 bits per heavy atom. The highest BCUT2D eigenvalue weighted by Crippen LogP contribution is 2.34. The van der Waals surface area contributed by atoms with Crippen molar-refractivity contribution < 1.29 is 31.5 Å². The Hall–Kier alpha value is -13.0. The van der Waals surface area contributed by atoms with E-state index in [2.05, 4.69) is 227 Å². The van der Waals surface area contributed by atoms with Crippen molar-refractivity contribution >= 4 is 78.1 Å². The molecule has 22 nitrogen and oxygen atoms in total. The lowest BCUT2D eigenvalue weighted by atomic mass is 9.95. The number of rotatable bonds is 5. The van der Waals surface area contributed by atoms with E-state index in [1.165, 1.54) is 89.0 Å². The molecular formula is C95H105N22+5. The van der Waals surface area contributed by atoms with E-state index in [0.717, 1.165) is 107 Å². The van der Waals surface area contributed by atoms with Crippen LogP contribution in [0.25, 0.3) is 135 Å². The zero-order valence-corrected chi connectivity index (χ0v) is 72.2. The van der Waals surface area contributed by atoms with Gasteiger partial charge in [0.1, 0.15) is 30.8 Å². The van der Waals surface area contributed by atoms with Gasteiger partial charge in [0.15, 0.2) is 19.6 Å². The molecule has 0 atom stereocenters. The smallest absolute Gasteiger partial charge is 0.247 e. The maximum Gasteiger partial charge on any atom is 0.353 e. The Balaban J connectivity index is 0.000000132. The summed E-state index contributed by atoms with van der Waals surface area (Å²) < 4.78 is 55.2. The standard InChI is InChI=1S/C21H21N4.C19H18N5.2C19H23N4.C17H20N5/c1-12-10-13(2)14(3)16(11-12)20-15(4)19-21(24-25(20)5)23-18-9-7-6-8-17(18)22-19;1-11-9-12(2)13(3)14(10-11)19-22-17-18(23-24(19)4)21-16-8-6-5-7-15(16)20-17;1-10-8-11(2)12(3)16(9-10)18-13(4)17-19(22-23(18)7)21-15(6)14(5)20-17;1-10-8-11(2)12(3)16(9-10)19-22-18-17(15(6)23(19)7)20-13(4)14(5)21-18;1-9-7-10(2)11(3)14(8-9)17-20-15-16(21-22(17)6)19-13(5)12(4)18-15/h6-11H,1-5H3;5-10H,1-4H3;2*8-9H,1-7H3;7-8H,1-6H3/q5*+1/i;;6D3;4D3;. The summed E-state index contributed by atoms with van der Waals surface area (Å²) in [6, 6.07) is 37.4. The maximum absolute atomic E-state index is 7.67. The molecule has 10 heterocycles. The number of benzene rings is 7. The van der Waals surface area contributed by atoms with E-state index >= 15 is 0 Å². The largest absolute Gasteiger partial charge is 0.353 e. The fourth-order valence-corrected chi connectivity index (χ4v) is 15.0. The fourth-order valence-electron chi connectivity index (χ4n) is 15.0. The Morgan fingerprint density at radius 2 is 0.521 bits per heavy atom. The molecule has 590 valence electrons. The van der Waals surface area contributed by atoms with E-state index < -0.39 is 13.7 Å². The predicted molar refractivity (Wildman–Crippen MR) is 464 cm³/mol. The molecule has 0 spiro atoms. The van der Waals surface area contributed by atoms with Crippen LogP contribution >= 0.6 is 0 Å². The van der Waals surface area contributed by atoms with Gasteiger partial charge in [0, 0.05) is 25.3 Å². The van der Waals surface area contributed by atoms with Crippen molar-refractivity contribution in [3.8, 4) is 56.7 Å². The summed E-state index contributed by atoms with van der Waals surface area (Å²) in [7, 11) is 9.56. The molecule has 22 heteroatoms. The van der Waals surface area contributed by atoms with Crippen LogP contribution in [0.4, 0.5) is 0 Å². The van der Waals surface area contributed by atoms with Crippen molar-refractivity contribution in [2.75, 3.05) is 0 Å². The van der Waals surface area contributed by atoms with Gasteiger partial charge in [-0.3, -0.25) is 0 Å². The highest BCUT2D eigenvalue weighted by molar-refractivity contribution is 5.89. The van der Waals surface area contributed by atoms with Crippen molar-refractivity contribution in [1.29, 1.82) is 0 Å². The predicted octanol–water partition coefficient (Wildman–Crippen LogP) is 16.1. The second-order valence-corrected chi connectivity index (χ2v) is 31.1. The lowest BCUT2D eigenvalue weighted by Gasteiger charge is -2.11. The number of hydrogen-bond acceptors (Lipinski definition) is 17. The van der Waals surface area contributed by atoms with Gasteiger partial charge in [0.05, 0.1) is 102 Å². The molecule has 10 aromatic heterocycles. The topological polar surface area (TPSA) is 239 Å². The van der Waals surface area contributed by atoms with E-state index in [4.69, 9.17) is 38.2 Å². The zero-order valence-electron chi connectivity index (χ0n) is 78.2. The number of aryl methyl sites for hydroxylation is 23. The van der Waals surface area contributed by atoms with Crippen LogP contribution in [-0.2, 0) is 35.2 Å². The van der Waals surface area contributed by atoms with Gasteiger partial charge >= 0.3 is 28.8 Å². The molecular weight excluding hydrogens is 1450 g/mol. The first-order chi connectivity index (χ1) is 57.8. The molecule has 0 N–H and O–H groups in total. The molecule has 0 radical (unpaired) electrons. The number of hydrogen-bond donors (Lipinski definition) is 0. The third kappa shape index (κ3) is 16.4. The first-order valence-electron chi connectivity index (χ1n) is 42.0. The first-order valence-corrected chi connectivity index (χ1v) is 39.0. The Kier molecular flexibility index (Phi) is 20.7. The summed E-state index contributed by atoms with van der Waals surface area (Å²) in [4.78, 5) is 59.7. The zero-order chi connectivity index (χ0) is 89.3. The summed E-state index contributed by atoms with van der Waals surface area (Å²) in [6.07, 6.45) is 0. The van der Waals surface area contributed by atoms with Crippen molar-refractivity contribution in [3.05, 3.63) is 244 Å². The van der Waals surface area contributed by atoms with Crippen LogP contribution in [0.15, 0.2) is 109 Å². The minimum atomic E-state index is -2.30. The van der Waals surface area contributed by atoms with E-state index in [9.17, 15) is 0 Å². The van der Waals surface area contributed by atoms with E-state index in [0.29, 0.717) is 62.0 Å². The molecule has 0 bridgehead atoms. The van der Waals surface area contributed by atoms with E-state index in [1.54, 1.807) is 27.9 Å². The molecule has 17 rings (SSSR count). The minimum absolute atomic E-state index is 0.00669. The molecule has 0 aliphatic carbocycles. The van der Waals surface area contributed by atoms with Gasteiger partial charge in [0.2, 0.25) is 22.7 Å². The van der Waals surface area contributed by atoms with Gasteiger partial charge in [0.25, 0.3) is 16.9 Å². The second kappa shape index (κ2) is 32.7. The molecule has 0 aliphatic rings. The van der Waals surface area contributed by atoms with Crippen LogP contribution in [0.2, 0.25) is 0 Å². The van der Waals surface area contributed by atoms with Gasteiger partial charge in [-0.1, -0.05) is 85.3 Å². The van der Waals surface area contributed by atoms with Crippen molar-refractivity contribution in [2.24, 2.45) is 35.2 Å². The van der Waals surface area contributed by atoms with E-state index in [1.807, 2.05) is 121 Å². The van der Waals surface area contributed by atoms with Crippen LogP contribution in [0.1, 0.15) is 143 Å². The second-order valence-electron chi connectivity index (χ2n) is 31.1. The quantitative estimate of drug-likeness (QED) is 0.115. The summed E-state index contributed by atoms with van der Waals surface area (Å²) >= 11 is 0. The highest BCUT2D eigenvalue weighted by Gasteiger charge is 2.30. The van der Waals surface area contributed by atoms with Crippen molar-refractivity contribution in [2.45, 2.75) is 166 Å². The summed E-state index contributed by atoms with van der Waals surface area (Å²) in [5.74, 6) is 2.42. The normalized spacial score (nSPS) is 12.3. The lowest BCUT2D eigenvalue weighted by Crippen LogP contribution is -2.37. The van der Waals surface area contributed by atoms with Crippen LogP contribution < -0.4 is 23.3 Å². The third-order valence-electron chi connectivity index (χ3n) is 22.2. The summed E-state index contributed by atoms with van der Waals surface area (Å²) in [5.41, 5.74) is 40.7. The van der Waals surface area contributed by atoms with E-state index in [-0.39, 0.29) is 11.4 Å². The summed E-state index contributed by atoms with van der Waals surface area (Å²) in [5, 5.41) is 18.3. The van der Waals surface area contributed by atoms with Crippen molar-refractivity contribution in [1.82, 2.24) is 85.2 Å². The third-order valence-corrected chi connectivity index (χ3v) is 22.2. The molecule has 0 unspecified atom stereocenters. The average Bonchev–Trinajstić information content (AvgIpc) is 0.769. The number of fused-ring (bicyclic) bond motifs is 7. The van der Waals surface area contributed by atoms with Crippen LogP contribution in [0, 0.1) is 166 Å². The number of aromatic nitrogens is 22. The molecule has 0 fully saturated rings. The molecule has 17 aromatic rings. The van der Waals surface area contributed by atoms with Gasteiger partial charge in [-0.2, -0.15) is 0 Å². The van der Waals surface area contributed by atoms with Crippen LogP contribution in [0.3, 0.4) is 0 Å². The van der Waals surface area contributed by atoms with Gasteiger partial charge in [-0.15, -0.1) is 9.36 Å². The number of nitrogens with zero attached hydrogens (tertiary/aromatic N) is 22. The average molecular weight is 1560 g/mol. The summed E-state index contributed by atoms with van der Waals surface area (Å²) in [6.45, 7) is 40.3. The molecule has 117 heavy (non-hydrogen) atoms. The molecule has 0 aliphatic heterocycles. The lowest BCUT2D eigenvalue weighted by molar-refractivity contribution is -0.720. The highest BCUT2D eigenvalue weighted by atomic mass is 15.3. The maximum atomic E-state index is 7.67. The monoisotopic (exact) mass is 1560 g/mol. The van der Waals surface area contributed by atoms with Crippen molar-refractivity contribution in [3.63, 3.8) is 0 Å². The Labute approximate surface area is 693 Å². The SMILES string of the molecule is Cc1cc(C)c(C)c(-c2c(C)c3nc4ccccc4nc3n[n+]2C)c1.Cc1cc(C)c(C)c(-c2nc3nc(C)c(C)nc3n[n+]2C)c1.Cc1cc(C)c(C)c(-c2nc3nc4ccccc4nc3n[n+]2C)c1.[2H]C([2H])([2H])c1nc2c(C)[n+](C)c(-c3cc(C)cc(C)c3C)nc2nc1C.[2H]C([2H])([2H])c1nc2n[n+](C)c(-c3cc(C)cc(C)c3C)c(C)c2nc1C.